The molecule has 0 aromatic heterocycles. The van der Waals surface area contributed by atoms with Gasteiger partial charge in [-0.2, -0.15) is 0 Å². The predicted molar refractivity (Wildman–Crippen MR) is 98.5 cm³/mol. The first-order chi connectivity index (χ1) is 12.3. The molecule has 3 rings (SSSR count). The highest BCUT2D eigenvalue weighted by molar-refractivity contribution is 5.86. The molecule has 0 unspecified atom stereocenters. The van der Waals surface area contributed by atoms with E-state index < -0.39 is 0 Å². The van der Waals surface area contributed by atoms with Crippen LogP contribution < -0.4 is 5.32 Å². The van der Waals surface area contributed by atoms with E-state index in [2.05, 4.69) is 29.6 Å². The second-order valence-corrected chi connectivity index (χ2v) is 6.35. The standard InChI is InChI=1S/C20H26N2O3/c1-24-12-10-22(20(23)13-18-14-21-9-11-25-18)15-17-7-4-6-16-5-2-3-8-19(16)17/h2-8,18,21H,9-15H2,1H3/t18-/m0/s1. The number of fused-ring (bicyclic) bond motifs is 1. The number of benzene rings is 2. The van der Waals surface area contributed by atoms with Gasteiger partial charge in [-0.1, -0.05) is 42.5 Å². The van der Waals surface area contributed by atoms with Crippen LogP contribution in [0.15, 0.2) is 42.5 Å². The summed E-state index contributed by atoms with van der Waals surface area (Å²) in [6.45, 7) is 3.95. The highest BCUT2D eigenvalue weighted by atomic mass is 16.5. The number of morpholine rings is 1. The van der Waals surface area contributed by atoms with Crippen LogP contribution >= 0.6 is 0 Å². The summed E-state index contributed by atoms with van der Waals surface area (Å²) in [7, 11) is 1.66. The Bertz CT molecular complexity index is 693. The van der Waals surface area contributed by atoms with Gasteiger partial charge in [0.15, 0.2) is 0 Å². The summed E-state index contributed by atoms with van der Waals surface area (Å²) in [6.07, 6.45) is 0.361. The molecule has 25 heavy (non-hydrogen) atoms. The fourth-order valence-electron chi connectivity index (χ4n) is 3.20. The van der Waals surface area contributed by atoms with E-state index in [1.165, 1.54) is 10.8 Å². The van der Waals surface area contributed by atoms with Crippen LogP contribution in [-0.4, -0.2) is 56.9 Å². The van der Waals surface area contributed by atoms with E-state index in [-0.39, 0.29) is 12.0 Å². The SMILES string of the molecule is COCCN(Cc1cccc2ccccc12)C(=O)C[C@H]1CNCCO1. The van der Waals surface area contributed by atoms with E-state index in [0.29, 0.717) is 32.7 Å². The molecule has 0 spiro atoms. The number of nitrogens with zero attached hydrogens (tertiary/aromatic N) is 1. The maximum Gasteiger partial charge on any atom is 0.225 e. The van der Waals surface area contributed by atoms with Crippen LogP contribution in [-0.2, 0) is 20.8 Å². The quantitative estimate of drug-likeness (QED) is 0.838. The average molecular weight is 342 g/mol. The second-order valence-electron chi connectivity index (χ2n) is 6.35. The monoisotopic (exact) mass is 342 g/mol. The fraction of sp³-hybridized carbons (Fsp3) is 0.450. The summed E-state index contributed by atoms with van der Waals surface area (Å²) in [5.41, 5.74) is 1.16. The number of nitrogens with one attached hydrogen (secondary N) is 1. The Hall–Kier alpha value is -1.95. The zero-order valence-electron chi connectivity index (χ0n) is 14.7. The van der Waals surface area contributed by atoms with Crippen LogP contribution in [0.5, 0.6) is 0 Å². The van der Waals surface area contributed by atoms with Gasteiger partial charge in [0.05, 0.1) is 25.7 Å². The molecule has 1 atom stereocenters. The molecule has 1 aliphatic heterocycles. The van der Waals surface area contributed by atoms with E-state index in [0.717, 1.165) is 18.7 Å². The number of ether oxygens (including phenoxy) is 2. The third kappa shape index (κ3) is 4.78. The number of carbonyl (C=O) groups is 1. The van der Waals surface area contributed by atoms with Crippen molar-refractivity contribution in [3.63, 3.8) is 0 Å². The Balaban J connectivity index is 1.74. The molecule has 0 radical (unpaired) electrons. The number of amides is 1. The van der Waals surface area contributed by atoms with Gasteiger partial charge in [0.2, 0.25) is 5.91 Å². The lowest BCUT2D eigenvalue weighted by Gasteiger charge is -2.28. The summed E-state index contributed by atoms with van der Waals surface area (Å²) in [6, 6.07) is 14.5. The number of hydrogen-bond donors (Lipinski definition) is 1. The fourth-order valence-corrected chi connectivity index (χ4v) is 3.20. The molecule has 0 saturated carbocycles. The molecule has 1 N–H and O–H groups in total. The van der Waals surface area contributed by atoms with Crippen molar-refractivity contribution in [1.29, 1.82) is 0 Å². The summed E-state index contributed by atoms with van der Waals surface area (Å²) < 4.78 is 10.9. The van der Waals surface area contributed by atoms with Crippen molar-refractivity contribution in [3.05, 3.63) is 48.0 Å². The molecule has 0 aliphatic carbocycles. The van der Waals surface area contributed by atoms with E-state index in [1.807, 2.05) is 23.1 Å². The lowest BCUT2D eigenvalue weighted by molar-refractivity contribution is -0.136. The van der Waals surface area contributed by atoms with Crippen LogP contribution in [0, 0.1) is 0 Å². The molecule has 5 nitrogen and oxygen atoms in total. The van der Waals surface area contributed by atoms with Gasteiger partial charge in [-0.3, -0.25) is 4.79 Å². The molecule has 1 heterocycles. The Morgan fingerprint density at radius 2 is 2.12 bits per heavy atom. The van der Waals surface area contributed by atoms with Gasteiger partial charge in [0.25, 0.3) is 0 Å². The molecular weight excluding hydrogens is 316 g/mol. The minimum atomic E-state index is -0.0428. The number of methoxy groups -OCH3 is 1. The molecule has 2 aromatic carbocycles. The molecular formula is C20H26N2O3. The van der Waals surface area contributed by atoms with Gasteiger partial charge >= 0.3 is 0 Å². The van der Waals surface area contributed by atoms with Crippen molar-refractivity contribution in [2.75, 3.05) is 40.0 Å². The first kappa shape index (κ1) is 17.9. The summed E-state index contributed by atoms with van der Waals surface area (Å²) >= 11 is 0. The lowest BCUT2D eigenvalue weighted by atomic mass is 10.0. The Kier molecular flexibility index (Phi) is 6.39. The number of hydrogen-bond acceptors (Lipinski definition) is 4. The summed E-state index contributed by atoms with van der Waals surface area (Å²) in [5.74, 6) is 0.110. The molecule has 2 aromatic rings. The van der Waals surface area contributed by atoms with Crippen molar-refractivity contribution in [2.45, 2.75) is 19.1 Å². The first-order valence-corrected chi connectivity index (χ1v) is 8.83. The highest BCUT2D eigenvalue weighted by Gasteiger charge is 2.22. The zero-order valence-corrected chi connectivity index (χ0v) is 14.7. The molecule has 5 heteroatoms. The van der Waals surface area contributed by atoms with Gasteiger partial charge in [0, 0.05) is 33.3 Å². The minimum absolute atomic E-state index is 0.0428. The van der Waals surface area contributed by atoms with Gasteiger partial charge in [-0.15, -0.1) is 0 Å². The van der Waals surface area contributed by atoms with Crippen molar-refractivity contribution in [1.82, 2.24) is 10.2 Å². The van der Waals surface area contributed by atoms with E-state index >= 15 is 0 Å². The lowest BCUT2D eigenvalue weighted by Crippen LogP contribution is -2.43. The average Bonchev–Trinajstić information content (AvgIpc) is 2.66. The normalized spacial score (nSPS) is 17.6. The molecule has 1 saturated heterocycles. The van der Waals surface area contributed by atoms with Crippen molar-refractivity contribution in [2.24, 2.45) is 0 Å². The third-order valence-corrected chi connectivity index (χ3v) is 4.57. The van der Waals surface area contributed by atoms with Crippen molar-refractivity contribution >= 4 is 16.7 Å². The smallest absolute Gasteiger partial charge is 0.225 e. The van der Waals surface area contributed by atoms with E-state index in [1.54, 1.807) is 7.11 Å². The van der Waals surface area contributed by atoms with Gasteiger partial charge < -0.3 is 19.7 Å². The number of carbonyl (C=O) groups excluding carboxylic acids is 1. The predicted octanol–water partition coefficient (Wildman–Crippen LogP) is 2.19. The molecule has 1 amide bonds. The largest absolute Gasteiger partial charge is 0.383 e. The van der Waals surface area contributed by atoms with Gasteiger partial charge in [0.1, 0.15) is 0 Å². The first-order valence-electron chi connectivity index (χ1n) is 8.83. The Morgan fingerprint density at radius 3 is 2.92 bits per heavy atom. The van der Waals surface area contributed by atoms with Gasteiger partial charge in [-0.25, -0.2) is 0 Å². The number of rotatable bonds is 7. The zero-order chi connectivity index (χ0) is 17.5. The Morgan fingerprint density at radius 1 is 1.28 bits per heavy atom. The summed E-state index contributed by atoms with van der Waals surface area (Å²) in [4.78, 5) is 14.7. The molecule has 1 aliphatic rings. The molecule has 1 fully saturated rings. The Labute approximate surface area is 148 Å². The van der Waals surface area contributed by atoms with E-state index in [9.17, 15) is 4.79 Å². The highest BCUT2D eigenvalue weighted by Crippen LogP contribution is 2.20. The maximum atomic E-state index is 12.8. The maximum absolute atomic E-state index is 12.8. The van der Waals surface area contributed by atoms with Crippen LogP contribution in [0.25, 0.3) is 10.8 Å². The van der Waals surface area contributed by atoms with Gasteiger partial charge in [-0.05, 0) is 16.3 Å². The second kappa shape index (κ2) is 8.94. The molecule has 0 bridgehead atoms. The summed E-state index contributed by atoms with van der Waals surface area (Å²) in [5, 5.41) is 5.66. The van der Waals surface area contributed by atoms with Crippen LogP contribution in [0.3, 0.4) is 0 Å². The third-order valence-electron chi connectivity index (χ3n) is 4.57. The minimum Gasteiger partial charge on any atom is -0.383 e. The van der Waals surface area contributed by atoms with Crippen LogP contribution in [0.2, 0.25) is 0 Å². The van der Waals surface area contributed by atoms with Crippen LogP contribution in [0.4, 0.5) is 0 Å². The molecule has 134 valence electrons. The van der Waals surface area contributed by atoms with Crippen LogP contribution in [0.1, 0.15) is 12.0 Å². The topological polar surface area (TPSA) is 50.8 Å². The van der Waals surface area contributed by atoms with E-state index in [4.69, 9.17) is 9.47 Å². The van der Waals surface area contributed by atoms with Crippen molar-refractivity contribution < 1.29 is 14.3 Å². The van der Waals surface area contributed by atoms with Crippen molar-refractivity contribution in [3.8, 4) is 0 Å².